The summed E-state index contributed by atoms with van der Waals surface area (Å²) in [6.45, 7) is 0. The SMILES string of the molecule is [CH3][SnH]([CH3])[CH2]C#N. The second kappa shape index (κ2) is 3.48. The Kier molecular flexibility index (Phi) is 3.65. The molecule has 0 rings (SSSR count). The van der Waals surface area contributed by atoms with Crippen molar-refractivity contribution in [2.75, 3.05) is 0 Å². The van der Waals surface area contributed by atoms with Gasteiger partial charge in [-0.05, 0) is 0 Å². The number of hydrogen-bond acceptors (Lipinski definition) is 1. The van der Waals surface area contributed by atoms with E-state index >= 15 is 0 Å². The first-order chi connectivity index (χ1) is 2.77. The topological polar surface area (TPSA) is 23.8 Å². The van der Waals surface area contributed by atoms with E-state index in [0.717, 1.165) is 4.44 Å². The molecule has 0 unspecified atom stereocenters. The molecule has 0 heterocycles. The summed E-state index contributed by atoms with van der Waals surface area (Å²) in [7, 11) is 0. The summed E-state index contributed by atoms with van der Waals surface area (Å²) < 4.78 is 0.891. The number of rotatable bonds is 1. The van der Waals surface area contributed by atoms with Gasteiger partial charge in [0.1, 0.15) is 0 Å². The van der Waals surface area contributed by atoms with Crippen LogP contribution in [0.5, 0.6) is 0 Å². The number of nitriles is 1. The van der Waals surface area contributed by atoms with Crippen LogP contribution in [-0.4, -0.2) is 19.8 Å². The molecular weight excluding hydrogens is 181 g/mol. The fourth-order valence-electron chi connectivity index (χ4n) is 0.183. The molecule has 1 nitrogen and oxygen atoms in total. The summed E-state index contributed by atoms with van der Waals surface area (Å²) >= 11 is -1.08. The van der Waals surface area contributed by atoms with Gasteiger partial charge in [0.15, 0.2) is 0 Å². The predicted octanol–water partition coefficient (Wildman–Crippen LogP) is 0.997. The van der Waals surface area contributed by atoms with Crippen molar-refractivity contribution in [3.63, 3.8) is 0 Å². The van der Waals surface area contributed by atoms with Gasteiger partial charge in [-0.25, -0.2) is 0 Å². The Morgan fingerprint density at radius 3 is 2.17 bits per heavy atom. The Hall–Kier alpha value is 0.289. The summed E-state index contributed by atoms with van der Waals surface area (Å²) in [5, 5.41) is 8.04. The van der Waals surface area contributed by atoms with Gasteiger partial charge in [-0.15, -0.1) is 0 Å². The molecule has 0 fully saturated rings. The van der Waals surface area contributed by atoms with Crippen molar-refractivity contribution in [1.29, 1.82) is 5.26 Å². The van der Waals surface area contributed by atoms with Gasteiger partial charge < -0.3 is 0 Å². The van der Waals surface area contributed by atoms with Crippen LogP contribution >= 0.6 is 0 Å². The average Bonchev–Trinajstić information content (AvgIpc) is 1.35. The third-order valence-corrected chi connectivity index (χ3v) is 3.35. The van der Waals surface area contributed by atoms with Crippen molar-refractivity contribution < 1.29 is 0 Å². The monoisotopic (exact) mass is 191 g/mol. The maximum absolute atomic E-state index is 8.04. The molecule has 2 heteroatoms. The van der Waals surface area contributed by atoms with Crippen molar-refractivity contribution in [3.8, 4) is 6.07 Å². The molecule has 0 aliphatic heterocycles. The van der Waals surface area contributed by atoms with Gasteiger partial charge in [-0.1, -0.05) is 0 Å². The van der Waals surface area contributed by atoms with E-state index in [2.05, 4.69) is 15.9 Å². The molecular formula is C4H9NSn. The molecule has 0 radical (unpaired) electrons. The van der Waals surface area contributed by atoms with Gasteiger partial charge in [-0.2, -0.15) is 0 Å². The Labute approximate surface area is 45.7 Å². The summed E-state index contributed by atoms with van der Waals surface area (Å²) in [5.74, 6) is 0. The molecule has 0 aromatic heterocycles. The van der Waals surface area contributed by atoms with E-state index < -0.39 is 19.8 Å². The van der Waals surface area contributed by atoms with Crippen LogP contribution in [-0.2, 0) is 0 Å². The van der Waals surface area contributed by atoms with Crippen LogP contribution < -0.4 is 0 Å². The Morgan fingerprint density at radius 2 is 2.17 bits per heavy atom. The van der Waals surface area contributed by atoms with Crippen LogP contribution in [0, 0.1) is 11.3 Å². The molecule has 0 aromatic rings. The molecule has 0 amide bonds. The van der Waals surface area contributed by atoms with Crippen molar-refractivity contribution in [2.24, 2.45) is 0 Å². The van der Waals surface area contributed by atoms with Crippen molar-refractivity contribution in [2.45, 2.75) is 14.3 Å². The second-order valence-corrected chi connectivity index (χ2v) is 10.9. The van der Waals surface area contributed by atoms with Gasteiger partial charge in [0.25, 0.3) is 0 Å². The molecule has 0 aliphatic carbocycles. The van der Waals surface area contributed by atoms with E-state index in [9.17, 15) is 0 Å². The van der Waals surface area contributed by atoms with Gasteiger partial charge in [0.05, 0.1) is 0 Å². The van der Waals surface area contributed by atoms with Gasteiger partial charge >= 0.3 is 45.4 Å². The summed E-state index contributed by atoms with van der Waals surface area (Å²) in [6.07, 6.45) is 0. The first kappa shape index (κ1) is 6.29. The zero-order chi connectivity index (χ0) is 4.99. The second-order valence-electron chi connectivity index (χ2n) is 1.76. The minimum absolute atomic E-state index is 0.891. The predicted molar refractivity (Wildman–Crippen MR) is 29.3 cm³/mol. The van der Waals surface area contributed by atoms with Crippen molar-refractivity contribution >= 4 is 19.8 Å². The van der Waals surface area contributed by atoms with E-state index in [-0.39, 0.29) is 0 Å². The van der Waals surface area contributed by atoms with Crippen LogP contribution in [0.4, 0.5) is 0 Å². The fraction of sp³-hybridized carbons (Fsp3) is 0.750. The molecule has 34 valence electrons. The molecule has 0 spiro atoms. The summed E-state index contributed by atoms with van der Waals surface area (Å²) in [5.41, 5.74) is 0. The maximum atomic E-state index is 8.04. The molecule has 0 saturated carbocycles. The molecule has 0 bridgehead atoms. The Balaban J connectivity index is 2.88. The third-order valence-electron chi connectivity index (χ3n) is 0.500. The average molecular weight is 190 g/mol. The Bertz CT molecular complexity index is 62.4. The standard InChI is InChI=1S/C2H2N.2CH3.Sn.H/c1-2-3;;;;/h1H2;2*1H3;;. The van der Waals surface area contributed by atoms with Crippen molar-refractivity contribution in [3.05, 3.63) is 0 Å². The van der Waals surface area contributed by atoms with E-state index in [4.69, 9.17) is 5.26 Å². The van der Waals surface area contributed by atoms with E-state index in [1.165, 1.54) is 0 Å². The zero-order valence-electron chi connectivity index (χ0n) is 4.23. The van der Waals surface area contributed by atoms with Crippen LogP contribution in [0.15, 0.2) is 0 Å². The first-order valence-corrected chi connectivity index (χ1v) is 11.1. The molecule has 0 atom stereocenters. The minimum atomic E-state index is -1.08. The van der Waals surface area contributed by atoms with E-state index in [1.807, 2.05) is 0 Å². The summed E-state index contributed by atoms with van der Waals surface area (Å²) in [4.78, 5) is 4.48. The van der Waals surface area contributed by atoms with Crippen LogP contribution in [0.1, 0.15) is 0 Å². The van der Waals surface area contributed by atoms with E-state index in [1.54, 1.807) is 0 Å². The first-order valence-electron chi connectivity index (χ1n) is 2.14. The van der Waals surface area contributed by atoms with Crippen molar-refractivity contribution in [1.82, 2.24) is 0 Å². The normalized spacial score (nSPS) is 8.33. The molecule has 0 aromatic carbocycles. The van der Waals surface area contributed by atoms with Gasteiger partial charge in [-0.3, -0.25) is 0 Å². The molecule has 0 saturated heterocycles. The number of nitrogens with zero attached hydrogens (tertiary/aromatic N) is 1. The Morgan fingerprint density at radius 1 is 1.67 bits per heavy atom. The van der Waals surface area contributed by atoms with E-state index in [0.29, 0.717) is 0 Å². The number of hydrogen-bond donors (Lipinski definition) is 0. The van der Waals surface area contributed by atoms with Crippen LogP contribution in [0.3, 0.4) is 0 Å². The van der Waals surface area contributed by atoms with Crippen LogP contribution in [0.25, 0.3) is 0 Å². The quantitative estimate of drug-likeness (QED) is 0.565. The molecule has 0 N–H and O–H groups in total. The van der Waals surface area contributed by atoms with Gasteiger partial charge in [0.2, 0.25) is 0 Å². The zero-order valence-corrected chi connectivity index (χ0v) is 7.53. The van der Waals surface area contributed by atoms with Gasteiger partial charge in [0, 0.05) is 0 Å². The van der Waals surface area contributed by atoms with Crippen LogP contribution in [0.2, 0.25) is 14.3 Å². The molecule has 6 heavy (non-hydrogen) atoms. The summed E-state index contributed by atoms with van der Waals surface area (Å²) in [6, 6.07) is 2.16. The fourth-order valence-corrected chi connectivity index (χ4v) is 1.22. The molecule has 0 aliphatic rings. The third kappa shape index (κ3) is 4.29.